The second kappa shape index (κ2) is 4.77. The third-order valence-electron chi connectivity index (χ3n) is 2.60. The summed E-state index contributed by atoms with van der Waals surface area (Å²) in [7, 11) is 0. The maximum absolute atomic E-state index is 11.5. The van der Waals surface area contributed by atoms with E-state index in [1.165, 1.54) is 18.1 Å². The molecular weight excluding hydrogens is 262 g/mol. The van der Waals surface area contributed by atoms with Gasteiger partial charge in [-0.15, -0.1) is 0 Å². The van der Waals surface area contributed by atoms with Crippen molar-refractivity contribution in [2.45, 2.75) is 10.9 Å². The van der Waals surface area contributed by atoms with Crippen LogP contribution in [0.4, 0.5) is 5.69 Å². The normalized spacial score (nSPS) is 10.9. The molecule has 3 aromatic rings. The summed E-state index contributed by atoms with van der Waals surface area (Å²) in [5.74, 6) is 0.725. The molecule has 0 spiro atoms. The number of anilines is 1. The zero-order valence-electron chi connectivity index (χ0n) is 9.88. The van der Waals surface area contributed by atoms with Gasteiger partial charge in [-0.05, 0) is 17.7 Å². The van der Waals surface area contributed by atoms with E-state index in [9.17, 15) is 4.79 Å². The summed E-state index contributed by atoms with van der Waals surface area (Å²) in [4.78, 5) is 25.2. The molecule has 0 amide bonds. The summed E-state index contributed by atoms with van der Waals surface area (Å²) in [5, 5.41) is 0.668. The van der Waals surface area contributed by atoms with Crippen LogP contribution in [0.1, 0.15) is 5.56 Å². The van der Waals surface area contributed by atoms with E-state index < -0.39 is 0 Å². The molecule has 1 aromatic carbocycles. The minimum absolute atomic E-state index is 0.215. The number of aromatic amines is 2. The van der Waals surface area contributed by atoms with Crippen molar-refractivity contribution in [3.63, 3.8) is 0 Å². The largest absolute Gasteiger partial charge is 0.399 e. The first-order chi connectivity index (χ1) is 9.22. The molecule has 2 heterocycles. The first-order valence-electron chi connectivity index (χ1n) is 5.63. The summed E-state index contributed by atoms with van der Waals surface area (Å²) in [5.41, 5.74) is 8.18. The number of nitrogens with zero attached hydrogens (tertiary/aromatic N) is 2. The van der Waals surface area contributed by atoms with E-state index in [1.54, 1.807) is 0 Å². The van der Waals surface area contributed by atoms with Crippen LogP contribution in [0, 0.1) is 0 Å². The summed E-state index contributed by atoms with van der Waals surface area (Å²) in [6.45, 7) is 0. The molecule has 0 unspecified atom stereocenters. The Hall–Kier alpha value is -2.28. The Bertz CT molecular complexity index is 779. The number of fused-ring (bicyclic) bond motifs is 1. The standard InChI is InChI=1S/C12H11N5OS/c13-8-3-1-2-7(4-8)5-19-12-16-9-10(17-12)14-6-15-11(9)18/h1-4,6H,5,13H2,(H2,14,15,16,17,18). The van der Waals surface area contributed by atoms with Crippen molar-refractivity contribution < 1.29 is 0 Å². The Morgan fingerprint density at radius 2 is 2.26 bits per heavy atom. The van der Waals surface area contributed by atoms with Gasteiger partial charge in [0.2, 0.25) is 0 Å². The second-order valence-electron chi connectivity index (χ2n) is 4.01. The van der Waals surface area contributed by atoms with E-state index in [1.807, 2.05) is 24.3 Å². The first-order valence-corrected chi connectivity index (χ1v) is 6.61. The predicted molar refractivity (Wildman–Crippen MR) is 74.9 cm³/mol. The first kappa shape index (κ1) is 11.8. The second-order valence-corrected chi connectivity index (χ2v) is 4.97. The van der Waals surface area contributed by atoms with Gasteiger partial charge in [0.05, 0.1) is 6.33 Å². The number of thioether (sulfide) groups is 1. The summed E-state index contributed by atoms with van der Waals surface area (Å²) in [6.07, 6.45) is 1.35. The van der Waals surface area contributed by atoms with Crippen molar-refractivity contribution in [3.05, 3.63) is 46.5 Å². The molecule has 2 aromatic heterocycles. The molecule has 0 atom stereocenters. The fraction of sp³-hybridized carbons (Fsp3) is 0.0833. The molecule has 0 saturated carbocycles. The number of hydrogen-bond donors (Lipinski definition) is 3. The minimum atomic E-state index is -0.215. The molecule has 19 heavy (non-hydrogen) atoms. The molecule has 0 aliphatic heterocycles. The molecule has 0 aliphatic carbocycles. The fourth-order valence-electron chi connectivity index (χ4n) is 1.72. The topological polar surface area (TPSA) is 100 Å². The number of aromatic nitrogens is 4. The zero-order valence-corrected chi connectivity index (χ0v) is 10.7. The van der Waals surface area contributed by atoms with Crippen molar-refractivity contribution in [2.75, 3.05) is 5.73 Å². The van der Waals surface area contributed by atoms with E-state index in [-0.39, 0.29) is 5.56 Å². The number of imidazole rings is 1. The van der Waals surface area contributed by atoms with E-state index in [4.69, 9.17) is 5.73 Å². The molecular formula is C12H11N5OS. The van der Waals surface area contributed by atoms with Gasteiger partial charge in [0.15, 0.2) is 16.3 Å². The van der Waals surface area contributed by atoms with Crippen molar-refractivity contribution in [3.8, 4) is 0 Å². The van der Waals surface area contributed by atoms with Gasteiger partial charge in [-0.1, -0.05) is 23.9 Å². The van der Waals surface area contributed by atoms with Crippen LogP contribution in [0.25, 0.3) is 11.2 Å². The lowest BCUT2D eigenvalue weighted by Crippen LogP contribution is -2.05. The van der Waals surface area contributed by atoms with Crippen molar-refractivity contribution >= 4 is 28.6 Å². The molecule has 6 nitrogen and oxygen atoms in total. The molecule has 4 N–H and O–H groups in total. The maximum Gasteiger partial charge on any atom is 0.276 e. The lowest BCUT2D eigenvalue weighted by atomic mass is 10.2. The van der Waals surface area contributed by atoms with Gasteiger partial charge in [-0.25, -0.2) is 9.97 Å². The van der Waals surface area contributed by atoms with Crippen molar-refractivity contribution in [2.24, 2.45) is 0 Å². The van der Waals surface area contributed by atoms with Crippen LogP contribution in [-0.2, 0) is 5.75 Å². The smallest absolute Gasteiger partial charge is 0.276 e. The number of benzene rings is 1. The van der Waals surface area contributed by atoms with Crippen molar-refractivity contribution in [1.29, 1.82) is 0 Å². The third-order valence-corrected chi connectivity index (χ3v) is 3.54. The fourth-order valence-corrected chi connectivity index (χ4v) is 2.53. The average molecular weight is 273 g/mol. The zero-order chi connectivity index (χ0) is 13.2. The van der Waals surface area contributed by atoms with Gasteiger partial charge in [0.25, 0.3) is 5.56 Å². The molecule has 0 radical (unpaired) electrons. The SMILES string of the molecule is Nc1cccc(CSc2nc3nc[nH]c(=O)c3[nH]2)c1. The van der Waals surface area contributed by atoms with Gasteiger partial charge in [0, 0.05) is 11.4 Å². The predicted octanol–water partition coefficient (Wildman–Crippen LogP) is 1.52. The van der Waals surface area contributed by atoms with Crippen LogP contribution < -0.4 is 11.3 Å². The lowest BCUT2D eigenvalue weighted by Gasteiger charge is -2.00. The van der Waals surface area contributed by atoms with E-state index >= 15 is 0 Å². The van der Waals surface area contributed by atoms with Crippen LogP contribution in [0.3, 0.4) is 0 Å². The van der Waals surface area contributed by atoms with Crippen LogP contribution >= 0.6 is 11.8 Å². The number of H-pyrrole nitrogens is 2. The Morgan fingerprint density at radius 1 is 1.37 bits per heavy atom. The molecule has 0 saturated heterocycles. The number of rotatable bonds is 3. The van der Waals surface area contributed by atoms with Crippen LogP contribution in [0.15, 0.2) is 40.5 Å². The molecule has 0 fully saturated rings. The Kier molecular flexibility index (Phi) is 2.96. The highest BCUT2D eigenvalue weighted by Gasteiger charge is 2.07. The number of hydrogen-bond acceptors (Lipinski definition) is 5. The monoisotopic (exact) mass is 273 g/mol. The Balaban J connectivity index is 1.82. The highest BCUT2D eigenvalue weighted by atomic mass is 32.2. The third kappa shape index (κ3) is 2.45. The maximum atomic E-state index is 11.5. The van der Waals surface area contributed by atoms with Gasteiger partial charge < -0.3 is 15.7 Å². The van der Waals surface area contributed by atoms with Gasteiger partial charge in [0.1, 0.15) is 0 Å². The summed E-state index contributed by atoms with van der Waals surface area (Å²) < 4.78 is 0. The quantitative estimate of drug-likeness (QED) is 0.496. The molecule has 0 bridgehead atoms. The molecule has 96 valence electrons. The van der Waals surface area contributed by atoms with Crippen molar-refractivity contribution in [1.82, 2.24) is 19.9 Å². The summed E-state index contributed by atoms with van der Waals surface area (Å²) in [6, 6.07) is 7.67. The van der Waals surface area contributed by atoms with Crippen LogP contribution in [0.5, 0.6) is 0 Å². The molecule has 7 heteroatoms. The highest BCUT2D eigenvalue weighted by molar-refractivity contribution is 7.98. The van der Waals surface area contributed by atoms with E-state index in [0.717, 1.165) is 17.0 Å². The van der Waals surface area contributed by atoms with Gasteiger partial charge >= 0.3 is 0 Å². The van der Waals surface area contributed by atoms with Crippen LogP contribution in [0.2, 0.25) is 0 Å². The molecule has 3 rings (SSSR count). The number of nitrogens with two attached hydrogens (primary N) is 1. The van der Waals surface area contributed by atoms with Gasteiger partial charge in [-0.2, -0.15) is 0 Å². The van der Waals surface area contributed by atoms with Gasteiger partial charge in [-0.3, -0.25) is 4.79 Å². The summed E-state index contributed by atoms with van der Waals surface area (Å²) >= 11 is 1.50. The number of nitrogens with one attached hydrogen (secondary N) is 2. The Labute approximate surface area is 112 Å². The highest BCUT2D eigenvalue weighted by Crippen LogP contribution is 2.21. The Morgan fingerprint density at radius 3 is 3.05 bits per heavy atom. The van der Waals surface area contributed by atoms with E-state index in [0.29, 0.717) is 16.3 Å². The minimum Gasteiger partial charge on any atom is -0.399 e. The number of nitrogen functional groups attached to an aromatic ring is 1. The average Bonchev–Trinajstić information content (AvgIpc) is 2.81. The van der Waals surface area contributed by atoms with E-state index in [2.05, 4.69) is 19.9 Å². The van der Waals surface area contributed by atoms with Crippen LogP contribution in [-0.4, -0.2) is 19.9 Å². The lowest BCUT2D eigenvalue weighted by molar-refractivity contribution is 1.07. The molecule has 0 aliphatic rings.